The van der Waals surface area contributed by atoms with E-state index >= 15 is 0 Å². The topological polar surface area (TPSA) is 26.3 Å². The van der Waals surface area contributed by atoms with Gasteiger partial charge in [0.25, 0.3) is 0 Å². The number of ether oxygens (including phenoxy) is 1. The Morgan fingerprint density at radius 1 is 0.875 bits per heavy atom. The molecule has 272 valence electrons. The second-order valence-electron chi connectivity index (χ2n) is 17.7. The third-order valence-corrected chi connectivity index (χ3v) is 14.2. The van der Waals surface area contributed by atoms with Crippen LogP contribution in [0.3, 0.4) is 0 Å². The first-order valence-electron chi connectivity index (χ1n) is 21.0. The van der Waals surface area contributed by atoms with Crippen molar-refractivity contribution in [2.75, 3.05) is 0 Å². The van der Waals surface area contributed by atoms with E-state index in [4.69, 9.17) is 4.74 Å². The zero-order chi connectivity index (χ0) is 34.6. The number of rotatable bonds is 20. The van der Waals surface area contributed by atoms with E-state index in [1.54, 1.807) is 5.57 Å². The summed E-state index contributed by atoms with van der Waals surface area (Å²) in [5.41, 5.74) is 3.89. The van der Waals surface area contributed by atoms with E-state index in [2.05, 4.69) is 78.5 Å². The van der Waals surface area contributed by atoms with Crippen LogP contribution in [0.4, 0.5) is 0 Å². The maximum atomic E-state index is 12.8. The fourth-order valence-corrected chi connectivity index (χ4v) is 10.9. The molecule has 2 heteroatoms. The Morgan fingerprint density at radius 3 is 2.31 bits per heavy atom. The van der Waals surface area contributed by atoms with Gasteiger partial charge in [-0.3, -0.25) is 4.79 Å². The average Bonchev–Trinajstić information content (AvgIpc) is 3.42. The molecule has 0 bridgehead atoms. The molecule has 0 radical (unpaired) electrons. The highest BCUT2D eigenvalue weighted by molar-refractivity contribution is 5.69. The van der Waals surface area contributed by atoms with E-state index in [0.717, 1.165) is 61.7 Å². The summed E-state index contributed by atoms with van der Waals surface area (Å²) in [6.07, 6.45) is 38.6. The van der Waals surface area contributed by atoms with Crippen LogP contribution in [0.5, 0.6) is 0 Å². The molecule has 0 spiro atoms. The molecule has 3 saturated carbocycles. The molecule has 0 aliphatic heterocycles. The maximum absolute atomic E-state index is 12.8. The van der Waals surface area contributed by atoms with Gasteiger partial charge < -0.3 is 4.74 Å². The Labute approximate surface area is 298 Å². The van der Waals surface area contributed by atoms with Crippen LogP contribution in [-0.4, -0.2) is 12.1 Å². The van der Waals surface area contributed by atoms with Crippen LogP contribution in [0, 0.1) is 46.3 Å². The summed E-state index contributed by atoms with van der Waals surface area (Å²) in [6.45, 7) is 19.1. The molecule has 0 aromatic rings. The molecule has 4 rings (SSSR count). The van der Waals surface area contributed by atoms with E-state index in [0.29, 0.717) is 23.2 Å². The minimum absolute atomic E-state index is 0.0418. The average molecular weight is 661 g/mol. The number of carbonyl (C=O) groups excluding carboxylic acids is 1. The molecule has 4 aliphatic carbocycles. The Bertz CT molecular complexity index is 1090. The van der Waals surface area contributed by atoms with Crippen LogP contribution >= 0.6 is 0 Å². The highest BCUT2D eigenvalue weighted by Crippen LogP contribution is 2.67. The fourth-order valence-electron chi connectivity index (χ4n) is 10.9. The summed E-state index contributed by atoms with van der Waals surface area (Å²) in [5, 5.41) is 0. The lowest BCUT2D eigenvalue weighted by Gasteiger charge is -2.58. The summed E-state index contributed by atoms with van der Waals surface area (Å²) in [6, 6.07) is 0. The number of hydrogen-bond donors (Lipinski definition) is 0. The highest BCUT2D eigenvalue weighted by Gasteiger charge is 2.59. The van der Waals surface area contributed by atoms with Gasteiger partial charge >= 0.3 is 5.97 Å². The number of esters is 1. The van der Waals surface area contributed by atoms with E-state index in [1.807, 2.05) is 0 Å². The van der Waals surface area contributed by atoms with Crippen LogP contribution in [0.1, 0.15) is 183 Å². The molecular weight excluding hydrogens is 585 g/mol. The standard InChI is InChI=1S/C46H76O2/c1-8-9-10-11-12-13-14-15-16-17-18-19-20-21-22-23-44(47)48-39-30-32-45(6)38(34-39)26-27-40-42-29-28-41(46(42,7)33-31-43(40)45)37(5)25-24-36(4)35(2)3/h12-13,15-16,26,35,37,39-43H,4,8-11,14,17-25,27-34H2,1-3,5-7H3/b13-12-,16-15-/t37?,39-,40-,41+,42-,43-,45-,46+/m0/s1. The van der Waals surface area contributed by atoms with E-state index in [-0.39, 0.29) is 12.1 Å². The third-order valence-electron chi connectivity index (χ3n) is 14.2. The smallest absolute Gasteiger partial charge is 0.306 e. The first kappa shape index (κ1) is 39.2. The Kier molecular flexibility index (Phi) is 15.6. The molecular formula is C46H76O2. The molecule has 0 N–H and O–H groups in total. The first-order chi connectivity index (χ1) is 23.1. The number of hydrogen-bond acceptors (Lipinski definition) is 2. The summed E-state index contributed by atoms with van der Waals surface area (Å²) in [5.74, 6) is 4.86. The van der Waals surface area contributed by atoms with Crippen molar-refractivity contribution in [3.05, 3.63) is 48.1 Å². The lowest BCUT2D eigenvalue weighted by Crippen LogP contribution is -2.51. The van der Waals surface area contributed by atoms with Crippen LogP contribution in [-0.2, 0) is 9.53 Å². The molecule has 4 aliphatic rings. The van der Waals surface area contributed by atoms with Crippen molar-refractivity contribution < 1.29 is 9.53 Å². The molecule has 48 heavy (non-hydrogen) atoms. The first-order valence-corrected chi connectivity index (χ1v) is 21.0. The summed E-state index contributed by atoms with van der Waals surface area (Å²) >= 11 is 0. The largest absolute Gasteiger partial charge is 0.462 e. The second-order valence-corrected chi connectivity index (χ2v) is 17.7. The van der Waals surface area contributed by atoms with E-state index in [1.165, 1.54) is 108 Å². The number of allylic oxidation sites excluding steroid dienone is 6. The van der Waals surface area contributed by atoms with Crippen LogP contribution < -0.4 is 0 Å². The van der Waals surface area contributed by atoms with Crippen molar-refractivity contribution in [1.82, 2.24) is 0 Å². The third kappa shape index (κ3) is 10.2. The maximum Gasteiger partial charge on any atom is 0.306 e. The predicted octanol–water partition coefficient (Wildman–Crippen LogP) is 13.9. The molecule has 0 heterocycles. The van der Waals surface area contributed by atoms with Gasteiger partial charge in [0, 0.05) is 12.8 Å². The van der Waals surface area contributed by atoms with Crippen molar-refractivity contribution in [2.45, 2.75) is 189 Å². The van der Waals surface area contributed by atoms with Crippen LogP contribution in [0.25, 0.3) is 0 Å². The number of carbonyl (C=O) groups is 1. The van der Waals surface area contributed by atoms with Crippen LogP contribution in [0.2, 0.25) is 0 Å². The van der Waals surface area contributed by atoms with Gasteiger partial charge in [-0.15, -0.1) is 0 Å². The lowest BCUT2D eigenvalue weighted by atomic mass is 9.47. The second kappa shape index (κ2) is 19.2. The molecule has 0 saturated heterocycles. The van der Waals surface area contributed by atoms with Gasteiger partial charge in [0.1, 0.15) is 6.10 Å². The lowest BCUT2D eigenvalue weighted by molar-refractivity contribution is -0.151. The molecule has 3 fully saturated rings. The van der Waals surface area contributed by atoms with Gasteiger partial charge in [0.2, 0.25) is 0 Å². The van der Waals surface area contributed by atoms with Gasteiger partial charge in [-0.05, 0) is 143 Å². The van der Waals surface area contributed by atoms with E-state index < -0.39 is 0 Å². The predicted molar refractivity (Wildman–Crippen MR) is 207 cm³/mol. The normalized spacial score (nSPS) is 32.2. The highest BCUT2D eigenvalue weighted by atomic mass is 16.5. The Morgan fingerprint density at radius 2 is 1.58 bits per heavy atom. The summed E-state index contributed by atoms with van der Waals surface area (Å²) in [4.78, 5) is 12.8. The molecule has 1 unspecified atom stereocenters. The van der Waals surface area contributed by atoms with Crippen LogP contribution in [0.15, 0.2) is 48.1 Å². The van der Waals surface area contributed by atoms with Crippen molar-refractivity contribution in [1.29, 1.82) is 0 Å². The van der Waals surface area contributed by atoms with Crippen molar-refractivity contribution in [3.63, 3.8) is 0 Å². The summed E-state index contributed by atoms with van der Waals surface area (Å²) < 4.78 is 6.12. The van der Waals surface area contributed by atoms with Gasteiger partial charge in [0.15, 0.2) is 0 Å². The van der Waals surface area contributed by atoms with Crippen molar-refractivity contribution >= 4 is 5.97 Å². The van der Waals surface area contributed by atoms with Crippen molar-refractivity contribution in [3.8, 4) is 0 Å². The zero-order valence-electron chi connectivity index (χ0n) is 32.5. The molecule has 0 aromatic carbocycles. The van der Waals surface area contributed by atoms with Crippen molar-refractivity contribution in [2.24, 2.45) is 46.3 Å². The Balaban J connectivity index is 1.14. The minimum atomic E-state index is 0.0418. The van der Waals surface area contributed by atoms with Gasteiger partial charge in [0.05, 0.1) is 0 Å². The van der Waals surface area contributed by atoms with Gasteiger partial charge in [-0.1, -0.05) is 122 Å². The summed E-state index contributed by atoms with van der Waals surface area (Å²) in [7, 11) is 0. The Hall–Kier alpha value is -1.57. The van der Waals surface area contributed by atoms with Gasteiger partial charge in [-0.2, -0.15) is 0 Å². The molecule has 2 nitrogen and oxygen atoms in total. The minimum Gasteiger partial charge on any atom is -0.462 e. The quantitative estimate of drug-likeness (QED) is 0.0738. The monoisotopic (exact) mass is 661 g/mol. The number of fused-ring (bicyclic) bond motifs is 5. The molecule has 0 amide bonds. The fraction of sp³-hybridized carbons (Fsp3) is 0.804. The number of unbranched alkanes of at least 4 members (excludes halogenated alkanes) is 8. The van der Waals surface area contributed by atoms with Gasteiger partial charge in [-0.25, -0.2) is 0 Å². The SMILES string of the molecule is C=C(CCC(C)[C@H]1CC[C@H]2[C@@H]3CC=C4C[C@@H](OC(=O)CCCCCCC/C=C\C/C=C\CCCCC)CC[C@]4(C)[C@H]3CC[C@]12C)C(C)C. The molecule has 8 atom stereocenters. The molecule has 0 aromatic heterocycles. The zero-order valence-corrected chi connectivity index (χ0v) is 32.5. The van der Waals surface area contributed by atoms with E-state index in [9.17, 15) is 4.79 Å².